The third kappa shape index (κ3) is 2.84. The number of hydrogen-bond donors (Lipinski definition) is 1. The summed E-state index contributed by atoms with van der Waals surface area (Å²) in [5.74, 6) is -1.15. The highest BCUT2D eigenvalue weighted by atomic mass is 19.2. The van der Waals surface area contributed by atoms with Gasteiger partial charge < -0.3 is 10.5 Å². The number of ether oxygens (including phenoxy) is 1. The SMILES string of the molecule is NCc1cccc(OCc2cccc(F)c2F)c1. The third-order valence-electron chi connectivity index (χ3n) is 2.56. The molecular formula is C14H13F2NO. The van der Waals surface area contributed by atoms with Crippen LogP contribution in [-0.2, 0) is 13.2 Å². The summed E-state index contributed by atoms with van der Waals surface area (Å²) in [4.78, 5) is 0. The van der Waals surface area contributed by atoms with Crippen LogP contribution in [0.4, 0.5) is 8.78 Å². The molecule has 0 unspecified atom stereocenters. The molecule has 0 heterocycles. The first-order chi connectivity index (χ1) is 8.70. The fourth-order valence-corrected chi connectivity index (χ4v) is 1.58. The van der Waals surface area contributed by atoms with Crippen molar-refractivity contribution in [3.63, 3.8) is 0 Å². The fraction of sp³-hybridized carbons (Fsp3) is 0.143. The molecule has 0 fully saturated rings. The third-order valence-corrected chi connectivity index (χ3v) is 2.56. The van der Waals surface area contributed by atoms with Crippen LogP contribution in [0, 0.1) is 11.6 Å². The standard InChI is InChI=1S/C14H13F2NO/c15-13-6-2-4-11(14(13)16)9-18-12-5-1-3-10(7-12)8-17/h1-7H,8-9,17H2. The van der Waals surface area contributed by atoms with E-state index in [0.717, 1.165) is 11.6 Å². The second kappa shape index (κ2) is 5.60. The quantitative estimate of drug-likeness (QED) is 0.904. The first-order valence-corrected chi connectivity index (χ1v) is 5.55. The molecule has 18 heavy (non-hydrogen) atoms. The Labute approximate surface area is 104 Å². The van der Waals surface area contributed by atoms with E-state index in [2.05, 4.69) is 0 Å². The summed E-state index contributed by atoms with van der Waals surface area (Å²) in [6, 6.07) is 11.2. The van der Waals surface area contributed by atoms with Crippen molar-refractivity contribution in [2.24, 2.45) is 5.73 Å². The Morgan fingerprint density at radius 1 is 1.06 bits per heavy atom. The van der Waals surface area contributed by atoms with Crippen LogP contribution < -0.4 is 10.5 Å². The van der Waals surface area contributed by atoms with E-state index in [1.807, 2.05) is 6.07 Å². The van der Waals surface area contributed by atoms with E-state index in [0.29, 0.717) is 12.3 Å². The summed E-state index contributed by atoms with van der Waals surface area (Å²) in [5.41, 5.74) is 6.62. The van der Waals surface area contributed by atoms with Crippen molar-refractivity contribution in [3.8, 4) is 5.75 Å². The van der Waals surface area contributed by atoms with Gasteiger partial charge in [0.1, 0.15) is 12.4 Å². The molecule has 0 aliphatic carbocycles. The van der Waals surface area contributed by atoms with Gasteiger partial charge in [-0.25, -0.2) is 8.78 Å². The van der Waals surface area contributed by atoms with Gasteiger partial charge in [0.15, 0.2) is 11.6 Å². The van der Waals surface area contributed by atoms with Crippen LogP contribution in [-0.4, -0.2) is 0 Å². The van der Waals surface area contributed by atoms with Crippen LogP contribution in [0.5, 0.6) is 5.75 Å². The van der Waals surface area contributed by atoms with Crippen molar-refractivity contribution in [3.05, 3.63) is 65.2 Å². The van der Waals surface area contributed by atoms with Crippen LogP contribution in [0.15, 0.2) is 42.5 Å². The van der Waals surface area contributed by atoms with Gasteiger partial charge in [0.05, 0.1) is 0 Å². The van der Waals surface area contributed by atoms with E-state index < -0.39 is 11.6 Å². The fourth-order valence-electron chi connectivity index (χ4n) is 1.58. The van der Waals surface area contributed by atoms with Crippen molar-refractivity contribution < 1.29 is 13.5 Å². The zero-order chi connectivity index (χ0) is 13.0. The molecule has 0 amide bonds. The van der Waals surface area contributed by atoms with E-state index in [9.17, 15) is 8.78 Å². The van der Waals surface area contributed by atoms with Gasteiger partial charge in [0, 0.05) is 12.1 Å². The molecule has 0 spiro atoms. The van der Waals surface area contributed by atoms with Gasteiger partial charge >= 0.3 is 0 Å². The molecule has 0 saturated carbocycles. The molecule has 0 atom stereocenters. The minimum absolute atomic E-state index is 0.0163. The Kier molecular flexibility index (Phi) is 3.89. The number of rotatable bonds is 4. The average Bonchev–Trinajstić information content (AvgIpc) is 2.41. The Hall–Kier alpha value is -1.94. The van der Waals surface area contributed by atoms with Crippen molar-refractivity contribution in [1.82, 2.24) is 0 Å². The molecule has 2 rings (SSSR count). The van der Waals surface area contributed by atoms with Crippen molar-refractivity contribution in [1.29, 1.82) is 0 Å². The van der Waals surface area contributed by atoms with Gasteiger partial charge in [0.25, 0.3) is 0 Å². The molecule has 0 aliphatic rings. The molecule has 0 bridgehead atoms. The molecule has 0 saturated heterocycles. The predicted molar refractivity (Wildman–Crippen MR) is 65.0 cm³/mol. The number of hydrogen-bond acceptors (Lipinski definition) is 2. The monoisotopic (exact) mass is 249 g/mol. The topological polar surface area (TPSA) is 35.2 Å². The maximum absolute atomic E-state index is 13.4. The smallest absolute Gasteiger partial charge is 0.165 e. The summed E-state index contributed by atoms with van der Waals surface area (Å²) in [6.07, 6.45) is 0. The number of halogens is 2. The molecule has 0 aliphatic heterocycles. The van der Waals surface area contributed by atoms with Crippen LogP contribution >= 0.6 is 0 Å². The second-order valence-corrected chi connectivity index (χ2v) is 3.85. The predicted octanol–water partition coefficient (Wildman–Crippen LogP) is 3.00. The van der Waals surface area contributed by atoms with Crippen molar-refractivity contribution in [2.45, 2.75) is 13.2 Å². The lowest BCUT2D eigenvalue weighted by atomic mass is 10.2. The normalized spacial score (nSPS) is 10.4. The first-order valence-electron chi connectivity index (χ1n) is 5.55. The number of benzene rings is 2. The van der Waals surface area contributed by atoms with Crippen LogP contribution in [0.1, 0.15) is 11.1 Å². The second-order valence-electron chi connectivity index (χ2n) is 3.85. The Morgan fingerprint density at radius 2 is 1.83 bits per heavy atom. The van der Waals surface area contributed by atoms with E-state index in [1.165, 1.54) is 12.1 Å². The zero-order valence-corrected chi connectivity index (χ0v) is 9.70. The zero-order valence-electron chi connectivity index (χ0n) is 9.70. The molecule has 2 nitrogen and oxygen atoms in total. The maximum Gasteiger partial charge on any atom is 0.165 e. The van der Waals surface area contributed by atoms with Gasteiger partial charge in [-0.2, -0.15) is 0 Å². The first kappa shape index (κ1) is 12.5. The number of nitrogens with two attached hydrogens (primary N) is 1. The average molecular weight is 249 g/mol. The molecule has 94 valence electrons. The Morgan fingerprint density at radius 3 is 2.61 bits per heavy atom. The highest BCUT2D eigenvalue weighted by molar-refractivity contribution is 5.29. The Balaban J connectivity index is 2.09. The van der Waals surface area contributed by atoms with Crippen LogP contribution in [0.25, 0.3) is 0 Å². The molecule has 4 heteroatoms. The van der Waals surface area contributed by atoms with E-state index >= 15 is 0 Å². The molecule has 0 radical (unpaired) electrons. The molecule has 0 aromatic heterocycles. The van der Waals surface area contributed by atoms with Gasteiger partial charge in [0.2, 0.25) is 0 Å². The van der Waals surface area contributed by atoms with Crippen LogP contribution in [0.2, 0.25) is 0 Å². The lowest BCUT2D eigenvalue weighted by molar-refractivity contribution is 0.297. The summed E-state index contributed by atoms with van der Waals surface area (Å²) in [7, 11) is 0. The van der Waals surface area contributed by atoms with Gasteiger partial charge in [-0.1, -0.05) is 24.3 Å². The molecular weight excluding hydrogens is 236 g/mol. The van der Waals surface area contributed by atoms with E-state index in [4.69, 9.17) is 10.5 Å². The van der Waals surface area contributed by atoms with Gasteiger partial charge in [-0.15, -0.1) is 0 Å². The summed E-state index contributed by atoms with van der Waals surface area (Å²) < 4.78 is 31.8. The highest BCUT2D eigenvalue weighted by Crippen LogP contribution is 2.17. The van der Waals surface area contributed by atoms with Crippen LogP contribution in [0.3, 0.4) is 0 Å². The largest absolute Gasteiger partial charge is 0.489 e. The maximum atomic E-state index is 13.4. The van der Waals surface area contributed by atoms with Crippen molar-refractivity contribution in [2.75, 3.05) is 0 Å². The van der Waals surface area contributed by atoms with E-state index in [1.54, 1.807) is 18.2 Å². The summed E-state index contributed by atoms with van der Waals surface area (Å²) >= 11 is 0. The molecule has 2 aromatic rings. The lowest BCUT2D eigenvalue weighted by Crippen LogP contribution is -2.01. The Bertz CT molecular complexity index is 543. The minimum atomic E-state index is -0.869. The van der Waals surface area contributed by atoms with Gasteiger partial charge in [-0.05, 0) is 23.8 Å². The lowest BCUT2D eigenvalue weighted by Gasteiger charge is -2.08. The summed E-state index contributed by atoms with van der Waals surface area (Å²) in [6.45, 7) is 0.392. The van der Waals surface area contributed by atoms with Gasteiger partial charge in [-0.3, -0.25) is 0 Å². The highest BCUT2D eigenvalue weighted by Gasteiger charge is 2.07. The molecule has 2 aromatic carbocycles. The summed E-state index contributed by atoms with van der Waals surface area (Å²) in [5, 5.41) is 0. The molecule has 2 N–H and O–H groups in total. The van der Waals surface area contributed by atoms with Crippen molar-refractivity contribution >= 4 is 0 Å². The van der Waals surface area contributed by atoms with E-state index in [-0.39, 0.29) is 12.2 Å². The minimum Gasteiger partial charge on any atom is -0.489 e.